The molecular formula is C24H30N2O3S. The van der Waals surface area contributed by atoms with Crippen molar-refractivity contribution in [3.63, 3.8) is 0 Å². The fourth-order valence-corrected chi connectivity index (χ4v) is 6.83. The summed E-state index contributed by atoms with van der Waals surface area (Å²) in [5.74, 6) is 0.0628. The number of carbonyl (C=O) groups is 1. The van der Waals surface area contributed by atoms with Crippen molar-refractivity contribution in [1.82, 2.24) is 4.31 Å². The molecule has 5 nitrogen and oxygen atoms in total. The summed E-state index contributed by atoms with van der Waals surface area (Å²) >= 11 is 0. The molecule has 0 saturated carbocycles. The van der Waals surface area contributed by atoms with Crippen molar-refractivity contribution >= 4 is 21.6 Å². The van der Waals surface area contributed by atoms with Gasteiger partial charge in [-0.2, -0.15) is 4.31 Å². The average molecular weight is 427 g/mol. The van der Waals surface area contributed by atoms with Crippen LogP contribution in [0.2, 0.25) is 0 Å². The fraction of sp³-hybridized carbons (Fsp3) is 0.458. The molecule has 2 aliphatic rings. The normalized spacial score (nSPS) is 22.8. The van der Waals surface area contributed by atoms with E-state index in [1.54, 1.807) is 12.1 Å². The van der Waals surface area contributed by atoms with Gasteiger partial charge < -0.3 is 4.90 Å². The predicted molar refractivity (Wildman–Crippen MR) is 119 cm³/mol. The Hall–Kier alpha value is -2.18. The maximum Gasteiger partial charge on any atom is 0.243 e. The SMILES string of the molecule is Cc1cc(C)cc(N2CCC3(CCCN(S(=O)(=O)c4cc(C)cc(C)c4)C3)C2=O)c1. The second-order valence-electron chi connectivity index (χ2n) is 9.10. The van der Waals surface area contributed by atoms with E-state index in [2.05, 4.69) is 6.07 Å². The van der Waals surface area contributed by atoms with E-state index in [9.17, 15) is 13.2 Å². The number of amides is 1. The van der Waals surface area contributed by atoms with Gasteiger partial charge in [0, 0.05) is 25.3 Å². The molecule has 2 fully saturated rings. The molecule has 6 heteroatoms. The predicted octanol–water partition coefficient (Wildman–Crippen LogP) is 4.13. The first-order valence-corrected chi connectivity index (χ1v) is 12.0. The minimum absolute atomic E-state index is 0.0628. The summed E-state index contributed by atoms with van der Waals surface area (Å²) in [6.07, 6.45) is 2.14. The van der Waals surface area contributed by atoms with E-state index in [1.165, 1.54) is 4.31 Å². The molecule has 0 N–H and O–H groups in total. The lowest BCUT2D eigenvalue weighted by atomic mass is 9.79. The second-order valence-corrected chi connectivity index (χ2v) is 11.0. The van der Waals surface area contributed by atoms with Crippen LogP contribution in [0.1, 0.15) is 41.5 Å². The third kappa shape index (κ3) is 3.67. The highest BCUT2D eigenvalue weighted by molar-refractivity contribution is 7.89. The summed E-state index contributed by atoms with van der Waals surface area (Å²) in [5.41, 5.74) is 4.41. The molecule has 2 heterocycles. The summed E-state index contributed by atoms with van der Waals surface area (Å²) < 4.78 is 28.3. The van der Waals surface area contributed by atoms with Gasteiger partial charge in [-0.1, -0.05) is 12.1 Å². The smallest absolute Gasteiger partial charge is 0.243 e. The Morgan fingerprint density at radius 1 is 0.800 bits per heavy atom. The Balaban J connectivity index is 1.62. The third-order valence-corrected chi connectivity index (χ3v) is 8.23. The zero-order chi connectivity index (χ0) is 21.7. The standard InChI is InChI=1S/C24H30N2O3S/c1-17-10-18(2)13-21(12-17)26-9-7-24(23(26)27)6-5-8-25(16-24)30(28,29)22-14-19(3)11-20(4)15-22/h10-15H,5-9,16H2,1-4H3. The lowest BCUT2D eigenvalue weighted by Crippen LogP contribution is -2.49. The number of rotatable bonds is 3. The Bertz CT molecular complexity index is 1070. The number of benzene rings is 2. The van der Waals surface area contributed by atoms with Crippen molar-refractivity contribution in [3.05, 3.63) is 58.7 Å². The maximum atomic E-state index is 13.5. The molecule has 4 rings (SSSR count). The number of nitrogens with zero attached hydrogens (tertiary/aromatic N) is 2. The Labute approximate surface area is 179 Å². The zero-order valence-electron chi connectivity index (χ0n) is 18.2. The quantitative estimate of drug-likeness (QED) is 0.742. The van der Waals surface area contributed by atoms with E-state index in [1.807, 2.05) is 50.8 Å². The Morgan fingerprint density at radius 3 is 1.97 bits per heavy atom. The first-order chi connectivity index (χ1) is 14.1. The van der Waals surface area contributed by atoms with Crippen LogP contribution in [-0.4, -0.2) is 38.3 Å². The van der Waals surface area contributed by atoms with Crippen LogP contribution in [0.15, 0.2) is 41.3 Å². The first-order valence-electron chi connectivity index (χ1n) is 10.6. The van der Waals surface area contributed by atoms with Crippen molar-refractivity contribution in [2.75, 3.05) is 24.5 Å². The van der Waals surface area contributed by atoms with Crippen LogP contribution in [0.5, 0.6) is 0 Å². The summed E-state index contributed by atoms with van der Waals surface area (Å²) in [6.45, 7) is 9.25. The number of carbonyl (C=O) groups excluding carboxylic acids is 1. The molecule has 0 aromatic heterocycles. The zero-order valence-corrected chi connectivity index (χ0v) is 19.1. The molecule has 0 aliphatic carbocycles. The number of hydrogen-bond donors (Lipinski definition) is 0. The van der Waals surface area contributed by atoms with Gasteiger partial charge in [0.25, 0.3) is 0 Å². The average Bonchev–Trinajstić information content (AvgIpc) is 2.96. The van der Waals surface area contributed by atoms with Crippen molar-refractivity contribution < 1.29 is 13.2 Å². The van der Waals surface area contributed by atoms with E-state index in [0.29, 0.717) is 30.8 Å². The Morgan fingerprint density at radius 2 is 1.37 bits per heavy atom. The van der Waals surface area contributed by atoms with Gasteiger partial charge in [0.05, 0.1) is 10.3 Å². The van der Waals surface area contributed by atoms with Crippen LogP contribution in [0.3, 0.4) is 0 Å². The largest absolute Gasteiger partial charge is 0.312 e. The number of piperidine rings is 1. The maximum absolute atomic E-state index is 13.5. The summed E-state index contributed by atoms with van der Waals surface area (Å²) in [7, 11) is -3.63. The third-order valence-electron chi connectivity index (χ3n) is 6.41. The minimum atomic E-state index is -3.63. The molecule has 1 spiro atoms. The topological polar surface area (TPSA) is 57.7 Å². The summed E-state index contributed by atoms with van der Waals surface area (Å²) in [6, 6.07) is 11.6. The van der Waals surface area contributed by atoms with Crippen LogP contribution in [0.25, 0.3) is 0 Å². The van der Waals surface area contributed by atoms with Crippen molar-refractivity contribution in [3.8, 4) is 0 Å². The van der Waals surface area contributed by atoms with Gasteiger partial charge in [0.2, 0.25) is 15.9 Å². The lowest BCUT2D eigenvalue weighted by Gasteiger charge is -2.38. The van der Waals surface area contributed by atoms with E-state index in [-0.39, 0.29) is 12.5 Å². The molecule has 2 saturated heterocycles. The lowest BCUT2D eigenvalue weighted by molar-refractivity contribution is -0.127. The van der Waals surface area contributed by atoms with Gasteiger partial charge in [-0.3, -0.25) is 4.79 Å². The minimum Gasteiger partial charge on any atom is -0.312 e. The number of anilines is 1. The molecule has 2 aromatic rings. The molecule has 1 atom stereocenters. The van der Waals surface area contributed by atoms with Gasteiger partial charge in [0.1, 0.15) is 0 Å². The van der Waals surface area contributed by atoms with Crippen molar-refractivity contribution in [1.29, 1.82) is 0 Å². The summed E-state index contributed by atoms with van der Waals surface area (Å²) in [4.78, 5) is 15.7. The second kappa shape index (κ2) is 7.50. The molecule has 0 radical (unpaired) electrons. The molecule has 1 amide bonds. The van der Waals surface area contributed by atoms with Crippen molar-refractivity contribution in [2.45, 2.75) is 51.9 Å². The monoisotopic (exact) mass is 426 g/mol. The van der Waals surface area contributed by atoms with E-state index < -0.39 is 15.4 Å². The van der Waals surface area contributed by atoms with Gasteiger partial charge in [-0.05, 0) is 93.5 Å². The molecule has 2 aromatic carbocycles. The van der Waals surface area contributed by atoms with Gasteiger partial charge in [-0.15, -0.1) is 0 Å². The van der Waals surface area contributed by atoms with E-state index >= 15 is 0 Å². The highest BCUT2D eigenvalue weighted by atomic mass is 32.2. The first kappa shape index (κ1) is 21.1. The molecule has 30 heavy (non-hydrogen) atoms. The van der Waals surface area contributed by atoms with Crippen molar-refractivity contribution in [2.24, 2.45) is 5.41 Å². The van der Waals surface area contributed by atoms with Gasteiger partial charge in [-0.25, -0.2) is 8.42 Å². The fourth-order valence-electron chi connectivity index (χ4n) is 5.08. The molecular weight excluding hydrogens is 396 g/mol. The highest BCUT2D eigenvalue weighted by Gasteiger charge is 2.51. The van der Waals surface area contributed by atoms with Crippen LogP contribution in [0, 0.1) is 33.1 Å². The van der Waals surface area contributed by atoms with Crippen LogP contribution < -0.4 is 4.90 Å². The summed E-state index contributed by atoms with van der Waals surface area (Å²) in [5, 5.41) is 0. The number of aryl methyl sites for hydroxylation is 4. The molecule has 2 aliphatic heterocycles. The van der Waals surface area contributed by atoms with Gasteiger partial charge in [0.15, 0.2) is 0 Å². The Kier molecular flexibility index (Phi) is 5.27. The van der Waals surface area contributed by atoms with E-state index in [0.717, 1.165) is 34.4 Å². The van der Waals surface area contributed by atoms with Crippen LogP contribution in [-0.2, 0) is 14.8 Å². The van der Waals surface area contributed by atoms with Crippen LogP contribution >= 0.6 is 0 Å². The van der Waals surface area contributed by atoms with Crippen LogP contribution in [0.4, 0.5) is 5.69 Å². The highest BCUT2D eigenvalue weighted by Crippen LogP contribution is 2.43. The number of hydrogen-bond acceptors (Lipinski definition) is 3. The molecule has 1 unspecified atom stereocenters. The molecule has 0 bridgehead atoms. The molecule has 160 valence electrons. The number of sulfonamides is 1. The van der Waals surface area contributed by atoms with Gasteiger partial charge >= 0.3 is 0 Å². The van der Waals surface area contributed by atoms with E-state index in [4.69, 9.17) is 0 Å².